The third-order valence-corrected chi connectivity index (χ3v) is 2.79. The first-order chi connectivity index (χ1) is 6.92. The molecule has 1 aliphatic rings. The van der Waals surface area contributed by atoms with Gasteiger partial charge in [-0.3, -0.25) is 0 Å². The van der Waals surface area contributed by atoms with Crippen LogP contribution in [0.25, 0.3) is 0 Å². The fraction of sp³-hybridized carbons (Fsp3) is 0.333. The molecule has 1 heterocycles. The molecule has 14 heavy (non-hydrogen) atoms. The van der Waals surface area contributed by atoms with Crippen LogP contribution in [-0.4, -0.2) is 18.8 Å². The minimum Gasteiger partial charge on any atom is -0.367 e. The van der Waals surface area contributed by atoms with Crippen LogP contribution in [0.5, 0.6) is 0 Å². The van der Waals surface area contributed by atoms with Gasteiger partial charge < -0.3 is 4.90 Å². The van der Waals surface area contributed by atoms with Crippen molar-refractivity contribution in [3.8, 4) is 0 Å². The monoisotopic (exact) mass is 205 g/mol. The molecule has 1 aromatic rings. The van der Waals surface area contributed by atoms with E-state index < -0.39 is 0 Å². The summed E-state index contributed by atoms with van der Waals surface area (Å²) < 4.78 is 0. The van der Waals surface area contributed by atoms with Crippen LogP contribution in [0.2, 0.25) is 0 Å². The molecule has 0 bridgehead atoms. The number of hydrogen-bond acceptors (Lipinski definition) is 2. The SMILES string of the molecule is SCC=CCN1CCc2ccccc21. The van der Waals surface area contributed by atoms with Crippen molar-refractivity contribution < 1.29 is 0 Å². The first-order valence-corrected chi connectivity index (χ1v) is 5.64. The Morgan fingerprint density at radius 2 is 2.14 bits per heavy atom. The van der Waals surface area contributed by atoms with E-state index in [4.69, 9.17) is 0 Å². The quantitative estimate of drug-likeness (QED) is 0.586. The number of thiol groups is 1. The molecule has 0 N–H and O–H groups in total. The maximum atomic E-state index is 4.15. The zero-order valence-electron chi connectivity index (χ0n) is 8.19. The molecule has 74 valence electrons. The normalized spacial score (nSPS) is 15.1. The number of benzene rings is 1. The Bertz CT molecular complexity index is 333. The largest absolute Gasteiger partial charge is 0.367 e. The molecular weight excluding hydrogens is 190 g/mol. The lowest BCUT2D eigenvalue weighted by molar-refractivity contribution is 0.903. The number of para-hydroxylation sites is 1. The zero-order valence-corrected chi connectivity index (χ0v) is 9.08. The van der Waals surface area contributed by atoms with Crippen molar-refractivity contribution in [3.05, 3.63) is 42.0 Å². The highest BCUT2D eigenvalue weighted by Crippen LogP contribution is 2.26. The minimum atomic E-state index is 0.829. The highest BCUT2D eigenvalue weighted by Gasteiger charge is 2.16. The van der Waals surface area contributed by atoms with Crippen LogP contribution >= 0.6 is 12.6 Å². The lowest BCUT2D eigenvalue weighted by atomic mass is 10.2. The minimum absolute atomic E-state index is 0.829. The molecular formula is C12H15NS. The van der Waals surface area contributed by atoms with Crippen molar-refractivity contribution in [2.75, 3.05) is 23.7 Å². The van der Waals surface area contributed by atoms with Crippen molar-refractivity contribution in [1.29, 1.82) is 0 Å². The third kappa shape index (κ3) is 1.95. The Balaban J connectivity index is 2.07. The van der Waals surface area contributed by atoms with Gasteiger partial charge >= 0.3 is 0 Å². The summed E-state index contributed by atoms with van der Waals surface area (Å²) in [6, 6.07) is 8.65. The Morgan fingerprint density at radius 3 is 3.00 bits per heavy atom. The fourth-order valence-electron chi connectivity index (χ4n) is 1.87. The second kappa shape index (κ2) is 4.56. The van der Waals surface area contributed by atoms with Gasteiger partial charge in [0.2, 0.25) is 0 Å². The van der Waals surface area contributed by atoms with E-state index in [1.807, 2.05) is 0 Å². The van der Waals surface area contributed by atoms with Gasteiger partial charge in [0.1, 0.15) is 0 Å². The summed E-state index contributed by atoms with van der Waals surface area (Å²) in [5.74, 6) is 0.829. The number of fused-ring (bicyclic) bond motifs is 1. The Kier molecular flexibility index (Phi) is 3.14. The zero-order chi connectivity index (χ0) is 9.80. The molecule has 0 fully saturated rings. The Hall–Kier alpha value is -0.890. The molecule has 1 aromatic carbocycles. The topological polar surface area (TPSA) is 3.24 Å². The molecule has 0 amide bonds. The average molecular weight is 205 g/mol. The van der Waals surface area contributed by atoms with E-state index in [9.17, 15) is 0 Å². The van der Waals surface area contributed by atoms with Crippen LogP contribution in [0.3, 0.4) is 0 Å². The molecule has 0 spiro atoms. The molecule has 0 atom stereocenters. The molecule has 0 aromatic heterocycles. The third-order valence-electron chi connectivity index (χ3n) is 2.58. The maximum Gasteiger partial charge on any atom is 0.0402 e. The number of nitrogens with zero attached hydrogens (tertiary/aromatic N) is 1. The smallest absolute Gasteiger partial charge is 0.0402 e. The summed E-state index contributed by atoms with van der Waals surface area (Å²) in [5.41, 5.74) is 2.88. The molecule has 1 aliphatic heterocycles. The summed E-state index contributed by atoms with van der Waals surface area (Å²) in [6.07, 6.45) is 5.48. The van der Waals surface area contributed by atoms with Crippen LogP contribution < -0.4 is 4.90 Å². The summed E-state index contributed by atoms with van der Waals surface area (Å²) in [6.45, 7) is 2.16. The van der Waals surface area contributed by atoms with E-state index in [1.165, 1.54) is 17.7 Å². The second-order valence-electron chi connectivity index (χ2n) is 3.48. The van der Waals surface area contributed by atoms with E-state index in [0.717, 1.165) is 18.8 Å². The Morgan fingerprint density at radius 1 is 1.29 bits per heavy atom. The van der Waals surface area contributed by atoms with Gasteiger partial charge in [0.15, 0.2) is 0 Å². The van der Waals surface area contributed by atoms with Crippen LogP contribution in [-0.2, 0) is 6.42 Å². The number of anilines is 1. The van der Waals surface area contributed by atoms with Crippen LogP contribution in [0, 0.1) is 0 Å². The van der Waals surface area contributed by atoms with Crippen LogP contribution in [0.4, 0.5) is 5.69 Å². The molecule has 0 saturated carbocycles. The van der Waals surface area contributed by atoms with Crippen LogP contribution in [0.15, 0.2) is 36.4 Å². The highest BCUT2D eigenvalue weighted by atomic mass is 32.1. The standard InChI is InChI=1S/C12H15NS/c14-10-4-3-8-13-9-7-11-5-1-2-6-12(11)13/h1-6,14H,7-10H2. The average Bonchev–Trinajstić information content (AvgIpc) is 2.63. The van der Waals surface area contributed by atoms with E-state index in [1.54, 1.807) is 0 Å². The van der Waals surface area contributed by atoms with Gasteiger partial charge in [0.25, 0.3) is 0 Å². The molecule has 0 radical (unpaired) electrons. The second-order valence-corrected chi connectivity index (χ2v) is 3.84. The summed E-state index contributed by atoms with van der Waals surface area (Å²) in [7, 11) is 0. The maximum absolute atomic E-state index is 4.15. The van der Waals surface area contributed by atoms with E-state index in [2.05, 4.69) is 53.9 Å². The van der Waals surface area contributed by atoms with Crippen molar-refractivity contribution >= 4 is 18.3 Å². The van der Waals surface area contributed by atoms with Gasteiger partial charge in [0.05, 0.1) is 0 Å². The Labute approximate surface area is 90.8 Å². The summed E-state index contributed by atoms with van der Waals surface area (Å²) in [4.78, 5) is 2.41. The molecule has 2 rings (SSSR count). The lowest BCUT2D eigenvalue weighted by Gasteiger charge is -2.16. The first-order valence-electron chi connectivity index (χ1n) is 5.00. The van der Waals surface area contributed by atoms with Gasteiger partial charge in [0, 0.05) is 24.5 Å². The summed E-state index contributed by atoms with van der Waals surface area (Å²) >= 11 is 4.15. The van der Waals surface area contributed by atoms with Crippen molar-refractivity contribution in [3.63, 3.8) is 0 Å². The molecule has 0 unspecified atom stereocenters. The number of hydrogen-bond donors (Lipinski definition) is 1. The highest BCUT2D eigenvalue weighted by molar-refractivity contribution is 7.80. The van der Waals surface area contributed by atoms with Crippen molar-refractivity contribution in [2.45, 2.75) is 6.42 Å². The molecule has 1 nitrogen and oxygen atoms in total. The molecule has 0 aliphatic carbocycles. The first kappa shape index (κ1) is 9.66. The van der Waals surface area contributed by atoms with Gasteiger partial charge in [-0.1, -0.05) is 30.4 Å². The predicted molar refractivity (Wildman–Crippen MR) is 65.4 cm³/mol. The van der Waals surface area contributed by atoms with E-state index >= 15 is 0 Å². The number of rotatable bonds is 3. The predicted octanol–water partition coefficient (Wildman–Crippen LogP) is 2.54. The van der Waals surface area contributed by atoms with Crippen LogP contribution in [0.1, 0.15) is 5.56 Å². The molecule has 0 saturated heterocycles. The molecule has 2 heteroatoms. The van der Waals surface area contributed by atoms with Crippen molar-refractivity contribution in [2.24, 2.45) is 0 Å². The van der Waals surface area contributed by atoms with Gasteiger partial charge in [-0.05, 0) is 18.1 Å². The van der Waals surface area contributed by atoms with E-state index in [0.29, 0.717) is 0 Å². The van der Waals surface area contributed by atoms with Gasteiger partial charge in [-0.2, -0.15) is 12.6 Å². The fourth-order valence-corrected chi connectivity index (χ4v) is 2.02. The van der Waals surface area contributed by atoms with Gasteiger partial charge in [-0.25, -0.2) is 0 Å². The lowest BCUT2D eigenvalue weighted by Crippen LogP contribution is -2.20. The van der Waals surface area contributed by atoms with Gasteiger partial charge in [-0.15, -0.1) is 0 Å². The van der Waals surface area contributed by atoms with E-state index in [-0.39, 0.29) is 0 Å². The summed E-state index contributed by atoms with van der Waals surface area (Å²) in [5, 5.41) is 0. The van der Waals surface area contributed by atoms with Crippen molar-refractivity contribution in [1.82, 2.24) is 0 Å².